The van der Waals surface area contributed by atoms with Gasteiger partial charge >= 0.3 is 6.09 Å². The minimum Gasteiger partial charge on any atom is -0.444 e. The molecule has 1 aliphatic carbocycles. The van der Waals surface area contributed by atoms with Crippen molar-refractivity contribution in [2.75, 3.05) is 6.54 Å². The molecule has 0 N–H and O–H groups in total. The van der Waals surface area contributed by atoms with Gasteiger partial charge in [0.15, 0.2) is 0 Å². The van der Waals surface area contributed by atoms with Gasteiger partial charge in [0.05, 0.1) is 12.6 Å². The molecule has 0 bridgehead atoms. The summed E-state index contributed by atoms with van der Waals surface area (Å²) in [6.45, 7) is 5.63. The van der Waals surface area contributed by atoms with Gasteiger partial charge in [-0.25, -0.2) is 9.18 Å². The molecule has 0 radical (unpaired) electrons. The minimum atomic E-state index is -0.982. The van der Waals surface area contributed by atoms with Crippen LogP contribution in [0.4, 0.5) is 9.18 Å². The van der Waals surface area contributed by atoms with Crippen LogP contribution in [-0.4, -0.2) is 29.3 Å². The molecule has 1 amide bonds. The molecule has 1 saturated carbocycles. The van der Waals surface area contributed by atoms with Gasteiger partial charge < -0.3 is 4.74 Å². The average Bonchev–Trinajstić information content (AvgIpc) is 3.19. The first kappa shape index (κ1) is 15.3. The number of ether oxygens (including phenoxy) is 1. The lowest BCUT2D eigenvalue weighted by Crippen LogP contribution is -2.37. The number of carbonyl (C=O) groups excluding carboxylic acids is 1. The Kier molecular flexibility index (Phi) is 3.87. The summed E-state index contributed by atoms with van der Waals surface area (Å²) in [6.07, 6.45) is 1.35. The van der Waals surface area contributed by atoms with E-state index in [9.17, 15) is 9.18 Å². The van der Waals surface area contributed by atoms with Crippen LogP contribution in [0.15, 0.2) is 24.3 Å². The number of benzene rings is 1. The monoisotopic (exact) mass is 305 g/mol. The van der Waals surface area contributed by atoms with Crippen LogP contribution in [0.1, 0.15) is 63.1 Å². The molecule has 1 saturated heterocycles. The average molecular weight is 305 g/mol. The van der Waals surface area contributed by atoms with Crippen molar-refractivity contribution in [3.05, 3.63) is 35.4 Å². The normalized spacial score (nSPS) is 25.4. The number of hydrogen-bond donors (Lipinski definition) is 0. The third-order valence-electron chi connectivity index (χ3n) is 4.25. The Morgan fingerprint density at radius 3 is 2.45 bits per heavy atom. The summed E-state index contributed by atoms with van der Waals surface area (Å²) < 4.78 is 19.5. The minimum absolute atomic E-state index is 0.124. The van der Waals surface area contributed by atoms with Crippen molar-refractivity contribution in [2.24, 2.45) is 0 Å². The van der Waals surface area contributed by atoms with E-state index in [0.29, 0.717) is 12.3 Å². The highest BCUT2D eigenvalue weighted by atomic mass is 19.1. The fourth-order valence-corrected chi connectivity index (χ4v) is 3.18. The number of carbonyl (C=O) groups is 1. The Morgan fingerprint density at radius 1 is 1.23 bits per heavy atom. The van der Waals surface area contributed by atoms with E-state index in [2.05, 4.69) is 6.07 Å². The van der Waals surface area contributed by atoms with Crippen LogP contribution in [0.5, 0.6) is 0 Å². The van der Waals surface area contributed by atoms with Gasteiger partial charge in [-0.1, -0.05) is 24.3 Å². The second-order valence-electron chi connectivity index (χ2n) is 7.38. The van der Waals surface area contributed by atoms with Gasteiger partial charge in [0.2, 0.25) is 0 Å². The van der Waals surface area contributed by atoms with E-state index in [1.165, 1.54) is 18.4 Å². The van der Waals surface area contributed by atoms with E-state index in [1.807, 2.05) is 39.0 Å². The first-order valence-electron chi connectivity index (χ1n) is 8.07. The zero-order valence-electron chi connectivity index (χ0n) is 13.5. The van der Waals surface area contributed by atoms with E-state index < -0.39 is 17.9 Å². The van der Waals surface area contributed by atoms with Crippen LogP contribution in [0.25, 0.3) is 0 Å². The molecule has 1 aromatic rings. The maximum atomic E-state index is 14.0. The van der Waals surface area contributed by atoms with Gasteiger partial charge in [0.1, 0.15) is 11.8 Å². The highest BCUT2D eigenvalue weighted by Gasteiger charge is 2.40. The third-order valence-corrected chi connectivity index (χ3v) is 4.25. The Morgan fingerprint density at radius 2 is 1.86 bits per heavy atom. The number of halogens is 1. The summed E-state index contributed by atoms with van der Waals surface area (Å²) in [5.41, 5.74) is 1.80. The van der Waals surface area contributed by atoms with Crippen molar-refractivity contribution in [3.8, 4) is 0 Å². The summed E-state index contributed by atoms with van der Waals surface area (Å²) in [6, 6.07) is 7.94. The molecular weight excluding hydrogens is 281 g/mol. The molecule has 2 atom stereocenters. The molecular formula is C18H24FNO2. The Bertz CT molecular complexity index is 562. The number of amides is 1. The lowest BCUT2D eigenvalue weighted by Gasteiger charge is -2.29. The summed E-state index contributed by atoms with van der Waals surface area (Å²) in [5.74, 6) is 0.579. The standard InChI is InChI=1S/C18H24FNO2/c1-18(2,3)22-17(21)20-11-13(19)10-16(20)15-7-5-4-6-14(15)12-8-9-12/h4-7,12-13,16H,8-11H2,1-3H3. The van der Waals surface area contributed by atoms with Crippen molar-refractivity contribution in [2.45, 2.75) is 63.8 Å². The molecule has 0 spiro atoms. The predicted octanol–water partition coefficient (Wildman–Crippen LogP) is 4.58. The second kappa shape index (κ2) is 5.56. The van der Waals surface area contributed by atoms with Crippen LogP contribution >= 0.6 is 0 Å². The lowest BCUT2D eigenvalue weighted by molar-refractivity contribution is 0.0216. The third kappa shape index (κ3) is 3.26. The molecule has 22 heavy (non-hydrogen) atoms. The van der Waals surface area contributed by atoms with Gasteiger partial charge in [0, 0.05) is 6.42 Å². The van der Waals surface area contributed by atoms with E-state index >= 15 is 0 Å². The Hall–Kier alpha value is -1.58. The van der Waals surface area contributed by atoms with Gasteiger partial charge in [-0.3, -0.25) is 4.90 Å². The molecule has 1 aromatic carbocycles. The highest BCUT2D eigenvalue weighted by Crippen LogP contribution is 2.46. The zero-order chi connectivity index (χ0) is 15.9. The molecule has 1 aliphatic heterocycles. The SMILES string of the molecule is CC(C)(C)OC(=O)N1CC(F)CC1c1ccccc1C1CC1. The summed E-state index contributed by atoms with van der Waals surface area (Å²) in [5, 5.41) is 0. The van der Waals surface area contributed by atoms with Crippen LogP contribution in [0, 0.1) is 0 Å². The maximum Gasteiger partial charge on any atom is 0.410 e. The summed E-state index contributed by atoms with van der Waals surface area (Å²) in [4.78, 5) is 14.0. The molecule has 3 rings (SSSR count). The largest absolute Gasteiger partial charge is 0.444 e. The van der Waals surface area contributed by atoms with Gasteiger partial charge in [-0.15, -0.1) is 0 Å². The van der Waals surface area contributed by atoms with E-state index in [1.54, 1.807) is 4.90 Å². The van der Waals surface area contributed by atoms with Crippen molar-refractivity contribution in [1.29, 1.82) is 0 Å². The van der Waals surface area contributed by atoms with Gasteiger partial charge in [-0.05, 0) is 50.7 Å². The molecule has 2 fully saturated rings. The van der Waals surface area contributed by atoms with Crippen LogP contribution in [0.3, 0.4) is 0 Å². The maximum absolute atomic E-state index is 14.0. The Labute approximate surface area is 131 Å². The number of likely N-dealkylation sites (tertiary alicyclic amines) is 1. The zero-order valence-corrected chi connectivity index (χ0v) is 13.5. The van der Waals surface area contributed by atoms with E-state index in [4.69, 9.17) is 4.74 Å². The molecule has 4 heteroatoms. The first-order chi connectivity index (χ1) is 10.3. The lowest BCUT2D eigenvalue weighted by atomic mass is 9.95. The van der Waals surface area contributed by atoms with Crippen LogP contribution < -0.4 is 0 Å². The van der Waals surface area contributed by atoms with Crippen molar-refractivity contribution >= 4 is 6.09 Å². The predicted molar refractivity (Wildman–Crippen MR) is 83.6 cm³/mol. The Balaban J connectivity index is 1.86. The van der Waals surface area contributed by atoms with Crippen LogP contribution in [-0.2, 0) is 4.74 Å². The fraction of sp³-hybridized carbons (Fsp3) is 0.611. The van der Waals surface area contributed by atoms with Gasteiger partial charge in [0.25, 0.3) is 0 Å². The molecule has 2 unspecified atom stereocenters. The number of rotatable bonds is 2. The second-order valence-corrected chi connectivity index (χ2v) is 7.38. The molecule has 120 valence electrons. The topological polar surface area (TPSA) is 29.5 Å². The molecule has 2 aliphatic rings. The van der Waals surface area contributed by atoms with E-state index in [0.717, 1.165) is 5.56 Å². The van der Waals surface area contributed by atoms with Gasteiger partial charge in [-0.2, -0.15) is 0 Å². The van der Waals surface area contributed by atoms with E-state index in [-0.39, 0.29) is 12.6 Å². The smallest absolute Gasteiger partial charge is 0.410 e. The van der Waals surface area contributed by atoms with Crippen molar-refractivity contribution in [3.63, 3.8) is 0 Å². The summed E-state index contributed by atoms with van der Waals surface area (Å²) in [7, 11) is 0. The quantitative estimate of drug-likeness (QED) is 0.800. The van der Waals surface area contributed by atoms with Crippen LogP contribution in [0.2, 0.25) is 0 Å². The number of alkyl halides is 1. The molecule has 1 heterocycles. The number of nitrogens with zero attached hydrogens (tertiary/aromatic N) is 1. The molecule has 0 aromatic heterocycles. The van der Waals surface area contributed by atoms with Crippen molar-refractivity contribution in [1.82, 2.24) is 4.90 Å². The molecule has 3 nitrogen and oxygen atoms in total. The summed E-state index contributed by atoms with van der Waals surface area (Å²) >= 11 is 0. The fourth-order valence-electron chi connectivity index (χ4n) is 3.18. The first-order valence-corrected chi connectivity index (χ1v) is 8.07. The number of hydrogen-bond acceptors (Lipinski definition) is 2. The highest BCUT2D eigenvalue weighted by molar-refractivity contribution is 5.69. The van der Waals surface area contributed by atoms with Crippen molar-refractivity contribution < 1.29 is 13.9 Å².